The van der Waals surface area contributed by atoms with E-state index in [1.807, 2.05) is 0 Å². The maximum absolute atomic E-state index is 14.0. The van der Waals surface area contributed by atoms with Gasteiger partial charge in [0.1, 0.15) is 23.3 Å². The van der Waals surface area contributed by atoms with Crippen LogP contribution in [0.15, 0.2) is 82.6 Å². The first-order valence-corrected chi connectivity index (χ1v) is 15.7. The molecule has 2 unspecified atom stereocenters. The molecule has 11 nitrogen and oxygen atoms in total. The van der Waals surface area contributed by atoms with Crippen molar-refractivity contribution in [1.29, 1.82) is 0 Å². The van der Waals surface area contributed by atoms with Crippen molar-refractivity contribution in [2.24, 2.45) is 5.92 Å². The minimum Gasteiger partial charge on any atom is -0.508 e. The van der Waals surface area contributed by atoms with Crippen LogP contribution in [0.2, 0.25) is 0 Å². The number of carbonyl (C=O) groups excluding carboxylic acids is 4. The van der Waals surface area contributed by atoms with Gasteiger partial charge in [-0.05, 0) is 73.2 Å². The Balaban J connectivity index is 1.35. The number of fused-ring (bicyclic) bond motifs is 2. The highest BCUT2D eigenvalue weighted by atomic mass is 32.2. The molecule has 3 heterocycles. The number of aromatic hydroxyl groups is 1. The number of methoxy groups -OCH3 is 1. The number of rotatable bonds is 8. The molecule has 3 aromatic carbocycles. The largest absolute Gasteiger partial charge is 0.508 e. The number of amides is 3. The van der Waals surface area contributed by atoms with Crippen LogP contribution in [0.5, 0.6) is 11.5 Å². The number of benzene rings is 3. The molecule has 1 saturated heterocycles. The van der Waals surface area contributed by atoms with Gasteiger partial charge in [-0.1, -0.05) is 35.2 Å². The monoisotopic (exact) mass is 645 g/mol. The fourth-order valence-electron chi connectivity index (χ4n) is 5.53. The predicted molar refractivity (Wildman–Crippen MR) is 168 cm³/mol. The van der Waals surface area contributed by atoms with Crippen LogP contribution in [0, 0.1) is 5.92 Å². The summed E-state index contributed by atoms with van der Waals surface area (Å²) in [4.78, 5) is 67.8. The average Bonchev–Trinajstić information content (AvgIpc) is 3.48. The van der Waals surface area contributed by atoms with Gasteiger partial charge in [-0.2, -0.15) is 0 Å². The third kappa shape index (κ3) is 5.60. The van der Waals surface area contributed by atoms with E-state index in [0.717, 1.165) is 28.0 Å². The van der Waals surface area contributed by atoms with Crippen molar-refractivity contribution in [2.75, 3.05) is 23.9 Å². The van der Waals surface area contributed by atoms with Crippen LogP contribution in [0.25, 0.3) is 0 Å². The number of thiazole rings is 1. The fraction of sp³-hybridized carbons (Fsp3) is 0.219. The molecular formula is C32H27N3O8S2. The third-order valence-electron chi connectivity index (χ3n) is 7.61. The number of ether oxygens (including phenoxy) is 2. The number of hydrogen-bond acceptors (Lipinski definition) is 10. The van der Waals surface area contributed by atoms with Gasteiger partial charge < -0.3 is 19.9 Å². The summed E-state index contributed by atoms with van der Waals surface area (Å²) in [5.41, 5.74) is 1.75. The standard InChI is InChI=1S/C32H27N3O8S2/c1-3-43-31(40)18-4-10-20(11-5-18)35-28(38)25-24(17-6-12-21(36)13-7-17)27-30(44-26(25)29(35)39)34(32(41)45-27)16-23(37)33-19-8-14-22(42-2)15-9-19/h4-15,24-26,36H,3,16H2,1-2H3,(H,33,37)/t24-,25?,26?/m0/s1. The first-order chi connectivity index (χ1) is 21.7. The summed E-state index contributed by atoms with van der Waals surface area (Å²) in [6.07, 6.45) is 0. The van der Waals surface area contributed by atoms with Crippen molar-refractivity contribution in [1.82, 2.24) is 4.57 Å². The quantitative estimate of drug-likeness (QED) is 0.212. The van der Waals surface area contributed by atoms with Crippen LogP contribution in [0.4, 0.5) is 11.4 Å². The molecule has 4 aromatic rings. The summed E-state index contributed by atoms with van der Waals surface area (Å²) in [6.45, 7) is 1.61. The second-order valence-corrected chi connectivity index (χ2v) is 12.4. The molecule has 230 valence electrons. The number of imide groups is 1. The average molecular weight is 646 g/mol. The number of thioether (sulfide) groups is 1. The maximum atomic E-state index is 14.0. The van der Waals surface area contributed by atoms with E-state index in [1.54, 1.807) is 43.3 Å². The molecule has 6 rings (SSSR count). The van der Waals surface area contributed by atoms with Crippen LogP contribution in [0.3, 0.4) is 0 Å². The summed E-state index contributed by atoms with van der Waals surface area (Å²) in [5, 5.41) is 12.3. The van der Waals surface area contributed by atoms with Crippen molar-refractivity contribution in [3.8, 4) is 11.5 Å². The summed E-state index contributed by atoms with van der Waals surface area (Å²) in [7, 11) is 1.54. The molecule has 1 fully saturated rings. The molecule has 2 aliphatic rings. The minimum absolute atomic E-state index is 0.0267. The molecular weight excluding hydrogens is 618 g/mol. The molecule has 2 aliphatic heterocycles. The summed E-state index contributed by atoms with van der Waals surface area (Å²) in [5.74, 6) is -2.77. The molecule has 3 amide bonds. The lowest BCUT2D eigenvalue weighted by Gasteiger charge is -2.30. The lowest BCUT2D eigenvalue weighted by molar-refractivity contribution is -0.122. The topological polar surface area (TPSA) is 144 Å². The van der Waals surface area contributed by atoms with Crippen molar-refractivity contribution in [2.45, 2.75) is 29.7 Å². The van der Waals surface area contributed by atoms with Gasteiger partial charge in [0.25, 0.3) is 0 Å². The van der Waals surface area contributed by atoms with E-state index < -0.39 is 45.6 Å². The summed E-state index contributed by atoms with van der Waals surface area (Å²) >= 11 is 2.03. The molecule has 0 saturated carbocycles. The molecule has 1 aromatic heterocycles. The summed E-state index contributed by atoms with van der Waals surface area (Å²) in [6, 6.07) is 19.1. The number of phenols is 1. The maximum Gasteiger partial charge on any atom is 0.338 e. The predicted octanol–water partition coefficient (Wildman–Crippen LogP) is 4.24. The molecule has 0 aliphatic carbocycles. The van der Waals surface area contributed by atoms with Crippen LogP contribution < -0.4 is 19.8 Å². The molecule has 0 spiro atoms. The SMILES string of the molecule is CCOC(=O)c1ccc(N2C(=O)C3Sc4c(sc(=O)n4CC(=O)Nc4ccc(OC)cc4)[C@@H](c4ccc(O)cc4)C3C2=O)cc1. The van der Waals surface area contributed by atoms with Gasteiger partial charge in [-0.25, -0.2) is 9.69 Å². The molecule has 3 atom stereocenters. The van der Waals surface area contributed by atoms with E-state index in [0.29, 0.717) is 32.6 Å². The number of anilines is 2. The first kappa shape index (κ1) is 30.2. The van der Waals surface area contributed by atoms with Crippen LogP contribution in [0.1, 0.15) is 33.6 Å². The normalized spacial score (nSPS) is 18.7. The molecule has 13 heteroatoms. The van der Waals surface area contributed by atoms with Crippen molar-refractivity contribution in [3.05, 3.63) is 98.5 Å². The van der Waals surface area contributed by atoms with E-state index >= 15 is 0 Å². The first-order valence-electron chi connectivity index (χ1n) is 14.0. The molecule has 2 N–H and O–H groups in total. The zero-order valence-electron chi connectivity index (χ0n) is 24.1. The number of nitrogens with one attached hydrogen (secondary N) is 1. The second kappa shape index (κ2) is 12.3. The van der Waals surface area contributed by atoms with Gasteiger partial charge in [0.2, 0.25) is 17.7 Å². The lowest BCUT2D eigenvalue weighted by Crippen LogP contribution is -2.33. The van der Waals surface area contributed by atoms with Crippen LogP contribution in [-0.4, -0.2) is 52.3 Å². The Labute approximate surface area is 265 Å². The van der Waals surface area contributed by atoms with Gasteiger partial charge >= 0.3 is 10.8 Å². The van der Waals surface area contributed by atoms with Crippen molar-refractivity contribution < 1.29 is 33.8 Å². The van der Waals surface area contributed by atoms with E-state index in [9.17, 15) is 29.1 Å². The Hall–Kier alpha value is -4.88. The molecule has 0 bridgehead atoms. The minimum atomic E-state index is -0.890. The molecule has 0 radical (unpaired) electrons. The van der Waals surface area contributed by atoms with E-state index in [4.69, 9.17) is 9.47 Å². The number of phenolic OH excluding ortho intramolecular Hbond substituents is 1. The van der Waals surface area contributed by atoms with E-state index in [2.05, 4.69) is 5.32 Å². The van der Waals surface area contributed by atoms with Gasteiger partial charge in [0, 0.05) is 16.5 Å². The van der Waals surface area contributed by atoms with Crippen LogP contribution >= 0.6 is 23.1 Å². The zero-order valence-corrected chi connectivity index (χ0v) is 25.7. The number of aromatic nitrogens is 1. The number of hydrogen-bond donors (Lipinski definition) is 2. The Bertz CT molecular complexity index is 1850. The highest BCUT2D eigenvalue weighted by Crippen LogP contribution is 2.54. The zero-order chi connectivity index (χ0) is 31.8. The Morgan fingerprint density at radius 2 is 1.62 bits per heavy atom. The lowest BCUT2D eigenvalue weighted by atomic mass is 9.83. The third-order valence-corrected chi connectivity index (χ3v) is 10.2. The van der Waals surface area contributed by atoms with Gasteiger partial charge in [0.05, 0.1) is 35.9 Å². The van der Waals surface area contributed by atoms with Gasteiger partial charge in [-0.3, -0.25) is 23.7 Å². The van der Waals surface area contributed by atoms with E-state index in [1.165, 1.54) is 48.1 Å². The van der Waals surface area contributed by atoms with Crippen molar-refractivity contribution >= 4 is 58.2 Å². The van der Waals surface area contributed by atoms with Gasteiger partial charge in [-0.15, -0.1) is 0 Å². The Morgan fingerprint density at radius 1 is 0.933 bits per heavy atom. The highest BCUT2D eigenvalue weighted by Gasteiger charge is 2.56. The number of esters is 1. The second-order valence-electron chi connectivity index (χ2n) is 10.3. The molecule has 45 heavy (non-hydrogen) atoms. The number of carbonyl (C=O) groups is 4. The van der Waals surface area contributed by atoms with Crippen molar-refractivity contribution in [3.63, 3.8) is 0 Å². The summed E-state index contributed by atoms with van der Waals surface area (Å²) < 4.78 is 11.5. The van der Waals surface area contributed by atoms with E-state index in [-0.39, 0.29) is 24.5 Å². The Kier molecular flexibility index (Phi) is 8.21. The number of nitrogens with zero attached hydrogens (tertiary/aromatic N) is 2. The smallest absolute Gasteiger partial charge is 0.338 e. The highest BCUT2D eigenvalue weighted by molar-refractivity contribution is 8.00. The Morgan fingerprint density at radius 3 is 2.27 bits per heavy atom. The van der Waals surface area contributed by atoms with Crippen LogP contribution in [-0.2, 0) is 25.7 Å². The fourth-order valence-corrected chi connectivity index (χ4v) is 8.30. The van der Waals surface area contributed by atoms with Gasteiger partial charge in [0.15, 0.2) is 0 Å².